The highest BCUT2D eigenvalue weighted by molar-refractivity contribution is 5.90. The monoisotopic (exact) mass is 218 g/mol. The molecule has 1 aliphatic rings. The van der Waals surface area contributed by atoms with Crippen LogP contribution in [0.15, 0.2) is 35.5 Å². The van der Waals surface area contributed by atoms with Crippen LogP contribution in [0, 0.1) is 11.8 Å². The summed E-state index contributed by atoms with van der Waals surface area (Å²) in [7, 11) is 0. The lowest BCUT2D eigenvalue weighted by atomic mass is 9.88. The van der Waals surface area contributed by atoms with Crippen LogP contribution in [0.3, 0.4) is 0 Å². The summed E-state index contributed by atoms with van der Waals surface area (Å²) in [5, 5.41) is 0. The van der Waals surface area contributed by atoms with Gasteiger partial charge < -0.3 is 0 Å². The molecule has 0 heterocycles. The van der Waals surface area contributed by atoms with Crippen molar-refractivity contribution in [1.29, 1.82) is 0 Å². The van der Waals surface area contributed by atoms with Gasteiger partial charge in [-0.25, -0.2) is 0 Å². The summed E-state index contributed by atoms with van der Waals surface area (Å²) in [6, 6.07) is 0. The third kappa shape index (κ3) is 4.18. The molecule has 0 aromatic rings. The van der Waals surface area contributed by atoms with Gasteiger partial charge in [-0.3, -0.25) is 4.79 Å². The van der Waals surface area contributed by atoms with Gasteiger partial charge in [-0.05, 0) is 43.8 Å². The first kappa shape index (κ1) is 13.0. The standard InChI is InChI=1S/C15H22O/c1-11(2)9-15(16)10-13(4)14-7-5-12(3)6-8-14/h5,7-9,12-13H,6,10H2,1-4H3. The molecule has 0 saturated heterocycles. The van der Waals surface area contributed by atoms with E-state index >= 15 is 0 Å². The maximum atomic E-state index is 11.6. The van der Waals surface area contributed by atoms with E-state index < -0.39 is 0 Å². The minimum absolute atomic E-state index is 0.237. The topological polar surface area (TPSA) is 17.1 Å². The van der Waals surface area contributed by atoms with E-state index in [4.69, 9.17) is 0 Å². The van der Waals surface area contributed by atoms with E-state index in [1.807, 2.05) is 13.8 Å². The van der Waals surface area contributed by atoms with Crippen LogP contribution in [0.2, 0.25) is 0 Å². The third-order valence-corrected chi connectivity index (χ3v) is 2.87. The van der Waals surface area contributed by atoms with Gasteiger partial charge in [0, 0.05) is 6.42 Å². The van der Waals surface area contributed by atoms with Crippen molar-refractivity contribution in [1.82, 2.24) is 0 Å². The van der Waals surface area contributed by atoms with Crippen molar-refractivity contribution in [3.63, 3.8) is 0 Å². The maximum absolute atomic E-state index is 11.6. The predicted octanol–water partition coefficient (Wildman–Crippen LogP) is 4.07. The third-order valence-electron chi connectivity index (χ3n) is 2.87. The highest BCUT2D eigenvalue weighted by Crippen LogP contribution is 2.23. The number of ketones is 1. The van der Waals surface area contributed by atoms with Gasteiger partial charge in [0.1, 0.15) is 0 Å². The summed E-state index contributed by atoms with van der Waals surface area (Å²) in [6.07, 6.45) is 10.1. The van der Waals surface area contributed by atoms with Crippen molar-refractivity contribution in [3.8, 4) is 0 Å². The number of hydrogen-bond donors (Lipinski definition) is 0. The van der Waals surface area contributed by atoms with Gasteiger partial charge in [0.2, 0.25) is 0 Å². The van der Waals surface area contributed by atoms with Crippen molar-refractivity contribution in [2.45, 2.75) is 40.5 Å². The van der Waals surface area contributed by atoms with Crippen molar-refractivity contribution in [2.75, 3.05) is 0 Å². The molecule has 0 bridgehead atoms. The zero-order valence-electron chi connectivity index (χ0n) is 10.8. The molecule has 0 aromatic heterocycles. The van der Waals surface area contributed by atoms with E-state index in [1.54, 1.807) is 6.08 Å². The summed E-state index contributed by atoms with van der Waals surface area (Å²) in [5.74, 6) is 1.22. The summed E-state index contributed by atoms with van der Waals surface area (Å²) < 4.78 is 0. The van der Waals surface area contributed by atoms with Crippen LogP contribution >= 0.6 is 0 Å². The average molecular weight is 218 g/mol. The summed E-state index contributed by atoms with van der Waals surface area (Å²) in [5.41, 5.74) is 2.40. The Morgan fingerprint density at radius 3 is 2.75 bits per heavy atom. The fourth-order valence-electron chi connectivity index (χ4n) is 1.91. The first-order chi connectivity index (χ1) is 7.49. The van der Waals surface area contributed by atoms with Crippen LogP contribution in [-0.4, -0.2) is 5.78 Å². The Bertz CT molecular complexity index is 340. The zero-order valence-corrected chi connectivity index (χ0v) is 10.8. The van der Waals surface area contributed by atoms with Crippen LogP contribution < -0.4 is 0 Å². The maximum Gasteiger partial charge on any atom is 0.156 e. The summed E-state index contributed by atoms with van der Waals surface area (Å²) in [4.78, 5) is 11.6. The molecule has 0 aliphatic heterocycles. The van der Waals surface area contributed by atoms with Crippen molar-refractivity contribution < 1.29 is 4.79 Å². The van der Waals surface area contributed by atoms with Crippen LogP contribution in [0.1, 0.15) is 40.5 Å². The van der Waals surface area contributed by atoms with Crippen LogP contribution in [0.25, 0.3) is 0 Å². The number of carbonyl (C=O) groups excluding carboxylic acids is 1. The number of rotatable bonds is 4. The first-order valence-corrected chi connectivity index (χ1v) is 6.05. The molecule has 1 heteroatoms. The van der Waals surface area contributed by atoms with Crippen LogP contribution in [0.4, 0.5) is 0 Å². The predicted molar refractivity (Wildman–Crippen MR) is 69.2 cm³/mol. The van der Waals surface area contributed by atoms with Gasteiger partial charge in [-0.15, -0.1) is 0 Å². The lowest BCUT2D eigenvalue weighted by molar-refractivity contribution is -0.115. The molecular formula is C15H22O. The Morgan fingerprint density at radius 1 is 1.56 bits per heavy atom. The molecule has 2 atom stereocenters. The second-order valence-corrected chi connectivity index (χ2v) is 5.07. The molecule has 2 unspecified atom stereocenters. The summed E-state index contributed by atoms with van der Waals surface area (Å²) in [6.45, 7) is 8.26. The van der Waals surface area contributed by atoms with Crippen molar-refractivity contribution in [3.05, 3.63) is 35.5 Å². The van der Waals surface area contributed by atoms with Crippen LogP contribution in [0.5, 0.6) is 0 Å². The van der Waals surface area contributed by atoms with Gasteiger partial charge in [-0.1, -0.05) is 37.6 Å². The molecule has 0 saturated carbocycles. The smallest absolute Gasteiger partial charge is 0.156 e. The number of hydrogen-bond acceptors (Lipinski definition) is 1. The fraction of sp³-hybridized carbons (Fsp3) is 0.533. The molecule has 1 aliphatic carbocycles. The highest BCUT2D eigenvalue weighted by atomic mass is 16.1. The van der Waals surface area contributed by atoms with Gasteiger partial charge in [0.15, 0.2) is 5.78 Å². The molecule has 0 radical (unpaired) electrons. The average Bonchev–Trinajstić information content (AvgIpc) is 2.16. The second-order valence-electron chi connectivity index (χ2n) is 5.07. The van der Waals surface area contributed by atoms with E-state index in [-0.39, 0.29) is 5.78 Å². The molecule has 0 N–H and O–H groups in total. The molecule has 88 valence electrons. The minimum Gasteiger partial charge on any atom is -0.295 e. The van der Waals surface area contributed by atoms with Crippen LogP contribution in [-0.2, 0) is 4.79 Å². The van der Waals surface area contributed by atoms with Crippen molar-refractivity contribution >= 4 is 5.78 Å². The van der Waals surface area contributed by atoms with Gasteiger partial charge in [0.05, 0.1) is 0 Å². The fourth-order valence-corrected chi connectivity index (χ4v) is 1.91. The Labute approximate surface area is 98.9 Å². The Balaban J connectivity index is 2.54. The Morgan fingerprint density at radius 2 is 2.25 bits per heavy atom. The lowest BCUT2D eigenvalue weighted by Gasteiger charge is -2.16. The Hall–Kier alpha value is -1.11. The van der Waals surface area contributed by atoms with Gasteiger partial charge in [0.25, 0.3) is 0 Å². The van der Waals surface area contributed by atoms with E-state index in [0.717, 1.165) is 12.0 Å². The number of carbonyl (C=O) groups is 1. The van der Waals surface area contributed by atoms with E-state index in [0.29, 0.717) is 18.3 Å². The van der Waals surface area contributed by atoms with Crippen molar-refractivity contribution in [2.24, 2.45) is 11.8 Å². The normalized spacial score (nSPS) is 21.2. The molecule has 1 rings (SSSR count). The minimum atomic E-state index is 0.237. The Kier molecular flexibility index (Phi) is 4.72. The zero-order chi connectivity index (χ0) is 12.1. The lowest BCUT2D eigenvalue weighted by Crippen LogP contribution is -2.07. The van der Waals surface area contributed by atoms with Gasteiger partial charge >= 0.3 is 0 Å². The first-order valence-electron chi connectivity index (χ1n) is 6.05. The highest BCUT2D eigenvalue weighted by Gasteiger charge is 2.13. The SMILES string of the molecule is CC(C)=CC(=O)CC(C)C1=CCC(C)C=C1. The molecule has 1 nitrogen and oxygen atoms in total. The molecule has 0 amide bonds. The molecule has 0 aromatic carbocycles. The molecule has 0 fully saturated rings. The molecule has 16 heavy (non-hydrogen) atoms. The van der Waals surface area contributed by atoms with Gasteiger partial charge in [-0.2, -0.15) is 0 Å². The molecular weight excluding hydrogens is 196 g/mol. The molecule has 0 spiro atoms. The second kappa shape index (κ2) is 5.83. The quantitative estimate of drug-likeness (QED) is 0.650. The number of allylic oxidation sites excluding steroid dienone is 6. The van der Waals surface area contributed by atoms with E-state index in [2.05, 4.69) is 32.1 Å². The summed E-state index contributed by atoms with van der Waals surface area (Å²) >= 11 is 0. The van der Waals surface area contributed by atoms with E-state index in [9.17, 15) is 4.79 Å². The largest absolute Gasteiger partial charge is 0.295 e. The van der Waals surface area contributed by atoms with E-state index in [1.165, 1.54) is 5.57 Å².